The molecule has 1 amide bonds. The Morgan fingerprint density at radius 3 is 3.00 bits per heavy atom. The summed E-state index contributed by atoms with van der Waals surface area (Å²) in [5, 5.41) is 13.1. The number of rotatable bonds is 3. The predicted molar refractivity (Wildman–Crippen MR) is 78.6 cm³/mol. The van der Waals surface area contributed by atoms with E-state index in [-0.39, 0.29) is 17.7 Å². The van der Waals surface area contributed by atoms with Crippen molar-refractivity contribution in [1.82, 2.24) is 9.78 Å². The number of nitrogens with zero attached hydrogens (tertiary/aromatic N) is 4. The molecule has 2 unspecified atom stereocenters. The van der Waals surface area contributed by atoms with E-state index < -0.39 is 0 Å². The molecule has 0 spiro atoms. The van der Waals surface area contributed by atoms with E-state index in [0.29, 0.717) is 5.56 Å². The molecule has 1 aliphatic carbocycles. The Morgan fingerprint density at radius 1 is 1.52 bits per heavy atom. The molecule has 106 valence electrons. The lowest BCUT2D eigenvalue weighted by Gasteiger charge is -2.17. The lowest BCUT2D eigenvalue weighted by Crippen LogP contribution is -2.28. The van der Waals surface area contributed by atoms with Crippen molar-refractivity contribution in [1.29, 1.82) is 5.26 Å². The van der Waals surface area contributed by atoms with Gasteiger partial charge < -0.3 is 4.90 Å². The van der Waals surface area contributed by atoms with Crippen molar-refractivity contribution < 1.29 is 4.79 Å². The van der Waals surface area contributed by atoms with Gasteiger partial charge >= 0.3 is 0 Å². The van der Waals surface area contributed by atoms with Crippen LogP contribution >= 0.6 is 0 Å². The van der Waals surface area contributed by atoms with Gasteiger partial charge in [-0.05, 0) is 36.1 Å². The Balaban J connectivity index is 1.73. The van der Waals surface area contributed by atoms with E-state index in [0.717, 1.165) is 17.7 Å². The second-order valence-electron chi connectivity index (χ2n) is 5.46. The Bertz CT molecular complexity index is 728. The third-order valence-corrected chi connectivity index (χ3v) is 3.95. The highest BCUT2D eigenvalue weighted by Gasteiger charge is 2.46. The maximum absolute atomic E-state index is 12.5. The molecule has 21 heavy (non-hydrogen) atoms. The van der Waals surface area contributed by atoms with Crippen LogP contribution in [0.4, 0.5) is 5.69 Å². The first-order valence-electron chi connectivity index (χ1n) is 6.86. The Morgan fingerprint density at radius 2 is 2.33 bits per heavy atom. The molecule has 1 saturated carbocycles. The van der Waals surface area contributed by atoms with E-state index in [1.54, 1.807) is 34.8 Å². The lowest BCUT2D eigenvalue weighted by atomic mass is 10.1. The van der Waals surface area contributed by atoms with Gasteiger partial charge in [0.2, 0.25) is 5.91 Å². The largest absolute Gasteiger partial charge is 0.315 e. The summed E-state index contributed by atoms with van der Waals surface area (Å²) < 4.78 is 1.76. The van der Waals surface area contributed by atoms with Crippen LogP contribution in [0.2, 0.25) is 0 Å². The zero-order chi connectivity index (χ0) is 15.0. The van der Waals surface area contributed by atoms with Crippen LogP contribution in [0.15, 0.2) is 36.7 Å². The van der Waals surface area contributed by atoms with E-state index in [9.17, 15) is 4.79 Å². The molecule has 1 fully saturated rings. The minimum absolute atomic E-state index is 0.0185. The van der Waals surface area contributed by atoms with Crippen molar-refractivity contribution in [2.24, 2.45) is 13.0 Å². The molecule has 5 nitrogen and oxygen atoms in total. The van der Waals surface area contributed by atoms with Gasteiger partial charge in [-0.25, -0.2) is 0 Å². The number of anilines is 1. The minimum Gasteiger partial charge on any atom is -0.315 e. The minimum atomic E-state index is 0.0185. The summed E-state index contributed by atoms with van der Waals surface area (Å²) in [5.74, 6) is 0.386. The standard InChI is InChI=1S/C16H16N4O/c1-19-10-12(9-18-19)14-7-15(14)16(21)20(2)13-5-3-4-11(6-13)8-17/h3-6,9-10,14-15H,7H2,1-2H3. The number of benzene rings is 1. The third kappa shape index (κ3) is 2.52. The number of carbonyl (C=O) groups excluding carboxylic acids is 1. The topological polar surface area (TPSA) is 61.9 Å². The maximum atomic E-state index is 12.5. The van der Waals surface area contributed by atoms with E-state index in [4.69, 9.17) is 5.26 Å². The monoisotopic (exact) mass is 280 g/mol. The number of hydrogen-bond donors (Lipinski definition) is 0. The quantitative estimate of drug-likeness (QED) is 0.864. The van der Waals surface area contributed by atoms with Gasteiger partial charge in [0.15, 0.2) is 0 Å². The Labute approximate surface area is 123 Å². The smallest absolute Gasteiger partial charge is 0.230 e. The first-order valence-corrected chi connectivity index (χ1v) is 6.86. The Hall–Kier alpha value is -2.61. The highest BCUT2D eigenvalue weighted by atomic mass is 16.2. The summed E-state index contributed by atoms with van der Waals surface area (Å²) >= 11 is 0. The van der Waals surface area contributed by atoms with Crippen molar-refractivity contribution >= 4 is 11.6 Å². The summed E-state index contributed by atoms with van der Waals surface area (Å²) in [7, 11) is 3.64. The number of carbonyl (C=O) groups is 1. The normalized spacial score (nSPS) is 19.9. The number of nitriles is 1. The van der Waals surface area contributed by atoms with Crippen LogP contribution in [0.25, 0.3) is 0 Å². The molecule has 2 atom stereocenters. The fourth-order valence-corrected chi connectivity index (χ4v) is 2.63. The van der Waals surface area contributed by atoms with Gasteiger partial charge in [-0.2, -0.15) is 10.4 Å². The van der Waals surface area contributed by atoms with Gasteiger partial charge in [-0.15, -0.1) is 0 Å². The second kappa shape index (κ2) is 5.06. The zero-order valence-electron chi connectivity index (χ0n) is 12.0. The SMILES string of the molecule is CN(C(=O)C1CC1c1cnn(C)c1)c1cccc(C#N)c1. The maximum Gasteiger partial charge on any atom is 0.230 e. The van der Waals surface area contributed by atoms with E-state index in [1.807, 2.05) is 25.5 Å². The number of amides is 1. The predicted octanol–water partition coefficient (Wildman–Crippen LogP) is 2.06. The molecule has 1 aromatic heterocycles. The first-order chi connectivity index (χ1) is 10.1. The van der Waals surface area contributed by atoms with Gasteiger partial charge in [0.05, 0.1) is 17.8 Å². The fraction of sp³-hybridized carbons (Fsp3) is 0.312. The molecule has 0 saturated heterocycles. The Kier molecular flexibility index (Phi) is 3.22. The highest BCUT2D eigenvalue weighted by molar-refractivity contribution is 5.97. The van der Waals surface area contributed by atoms with E-state index in [2.05, 4.69) is 11.2 Å². The van der Waals surface area contributed by atoms with Gasteiger partial charge in [0.1, 0.15) is 0 Å². The van der Waals surface area contributed by atoms with Gasteiger partial charge in [0, 0.05) is 31.9 Å². The van der Waals surface area contributed by atoms with Gasteiger partial charge in [-0.3, -0.25) is 9.48 Å². The van der Waals surface area contributed by atoms with Crippen LogP contribution in [0, 0.1) is 17.2 Å². The molecular weight excluding hydrogens is 264 g/mol. The number of hydrogen-bond acceptors (Lipinski definition) is 3. The summed E-state index contributed by atoms with van der Waals surface area (Å²) in [6.45, 7) is 0. The molecule has 0 bridgehead atoms. The van der Waals surface area contributed by atoms with E-state index in [1.165, 1.54) is 0 Å². The van der Waals surface area contributed by atoms with Gasteiger partial charge in [0.25, 0.3) is 0 Å². The van der Waals surface area contributed by atoms with Crippen molar-refractivity contribution in [3.8, 4) is 6.07 Å². The molecule has 1 heterocycles. The number of aryl methyl sites for hydroxylation is 1. The molecule has 5 heteroatoms. The summed E-state index contributed by atoms with van der Waals surface area (Å²) in [6, 6.07) is 9.21. The van der Waals surface area contributed by atoms with E-state index >= 15 is 0 Å². The van der Waals surface area contributed by atoms with Crippen molar-refractivity contribution in [3.05, 3.63) is 47.8 Å². The average molecular weight is 280 g/mol. The molecule has 1 aromatic carbocycles. The fourth-order valence-electron chi connectivity index (χ4n) is 2.63. The van der Waals surface area contributed by atoms with Crippen molar-refractivity contribution in [2.75, 3.05) is 11.9 Å². The highest BCUT2D eigenvalue weighted by Crippen LogP contribution is 2.48. The van der Waals surface area contributed by atoms with Crippen LogP contribution in [0.5, 0.6) is 0 Å². The average Bonchev–Trinajstić information content (AvgIpc) is 3.20. The molecule has 0 N–H and O–H groups in total. The molecule has 3 rings (SSSR count). The van der Waals surface area contributed by atoms with Gasteiger partial charge in [-0.1, -0.05) is 6.07 Å². The van der Waals surface area contributed by atoms with Crippen LogP contribution in [0.3, 0.4) is 0 Å². The van der Waals surface area contributed by atoms with Crippen LogP contribution < -0.4 is 4.90 Å². The summed E-state index contributed by atoms with van der Waals surface area (Å²) in [6.07, 6.45) is 4.66. The first kappa shape index (κ1) is 13.4. The molecule has 1 aliphatic rings. The molecular formula is C16H16N4O. The zero-order valence-corrected chi connectivity index (χ0v) is 12.0. The number of aromatic nitrogens is 2. The molecule has 2 aromatic rings. The third-order valence-electron chi connectivity index (χ3n) is 3.95. The van der Waals surface area contributed by atoms with Crippen LogP contribution in [-0.2, 0) is 11.8 Å². The summed E-state index contributed by atoms with van der Waals surface area (Å²) in [5.41, 5.74) is 2.44. The van der Waals surface area contributed by atoms with Crippen molar-refractivity contribution in [2.45, 2.75) is 12.3 Å². The summed E-state index contributed by atoms with van der Waals surface area (Å²) in [4.78, 5) is 14.2. The lowest BCUT2D eigenvalue weighted by molar-refractivity contribution is -0.119. The van der Waals surface area contributed by atoms with Crippen molar-refractivity contribution in [3.63, 3.8) is 0 Å². The second-order valence-corrected chi connectivity index (χ2v) is 5.46. The van der Waals surface area contributed by atoms with Crippen LogP contribution in [-0.4, -0.2) is 22.7 Å². The molecule has 0 radical (unpaired) electrons. The molecule has 0 aliphatic heterocycles. The van der Waals surface area contributed by atoms with Crippen LogP contribution in [0.1, 0.15) is 23.5 Å².